The number of hydrogen-bond acceptors (Lipinski definition) is 6. The summed E-state index contributed by atoms with van der Waals surface area (Å²) in [7, 11) is 0. The fraction of sp³-hybridized carbons (Fsp3) is 0.607. The molecular formula is C28H42N4O5+2. The standard InChI is InChI=1S/C28H40N4O5/c1-18(2)26-30-28(37-31-26)32-13-12-20(14-19(32)3)17-36-25-10-8-22(9-11-25)21-4-6-23(7-5-21)27(35)29-24(15-33)16-34/h4,8-11,18-20,23-24,33-34H,5-7,12-17H2,1-3H3,(H,29,35)/p+2/t19-,20?,23?/m0/s1. The summed E-state index contributed by atoms with van der Waals surface area (Å²) in [6.07, 6.45) is 6.50. The zero-order valence-electron chi connectivity index (χ0n) is 22.2. The second kappa shape index (κ2) is 12.7. The number of aliphatic hydroxyl groups excluding tert-OH is 2. The van der Waals surface area contributed by atoms with Gasteiger partial charge in [0.15, 0.2) is 5.16 Å². The summed E-state index contributed by atoms with van der Waals surface area (Å²) in [6.45, 7) is 7.64. The second-order valence-electron chi connectivity index (χ2n) is 10.9. The molecule has 1 aliphatic heterocycles. The molecule has 0 saturated carbocycles. The number of ether oxygens (including phenoxy) is 1. The normalized spacial score (nSPS) is 24.2. The minimum absolute atomic E-state index is 0.104. The average molecular weight is 515 g/mol. The van der Waals surface area contributed by atoms with Gasteiger partial charge in [0, 0.05) is 24.7 Å². The van der Waals surface area contributed by atoms with Gasteiger partial charge in [0.2, 0.25) is 5.91 Å². The molecule has 0 spiro atoms. The summed E-state index contributed by atoms with van der Waals surface area (Å²) >= 11 is 0. The van der Waals surface area contributed by atoms with Crippen molar-refractivity contribution in [2.45, 2.75) is 70.9 Å². The van der Waals surface area contributed by atoms with Gasteiger partial charge in [-0.25, -0.2) is 4.90 Å². The number of carbonyl (C=O) groups excluding carboxylic acids is 1. The Morgan fingerprint density at radius 2 is 2.00 bits per heavy atom. The average Bonchev–Trinajstić information content (AvgIpc) is 3.41. The summed E-state index contributed by atoms with van der Waals surface area (Å²) < 4.78 is 11.7. The number of allylic oxidation sites excluding steroid dienone is 2. The van der Waals surface area contributed by atoms with E-state index < -0.39 is 6.04 Å². The van der Waals surface area contributed by atoms with Crippen LogP contribution in [0.2, 0.25) is 0 Å². The molecule has 1 aromatic carbocycles. The zero-order chi connectivity index (χ0) is 26.4. The summed E-state index contributed by atoms with van der Waals surface area (Å²) in [5.41, 5.74) is 2.40. The molecule has 4 atom stereocenters. The van der Waals surface area contributed by atoms with Crippen LogP contribution in [0.5, 0.6) is 5.75 Å². The van der Waals surface area contributed by atoms with Gasteiger partial charge in [-0.1, -0.05) is 32.1 Å². The monoisotopic (exact) mass is 514 g/mol. The number of benzene rings is 1. The molecule has 0 radical (unpaired) electrons. The number of rotatable bonds is 10. The Morgan fingerprint density at radius 1 is 1.24 bits per heavy atom. The van der Waals surface area contributed by atoms with Gasteiger partial charge < -0.3 is 20.3 Å². The van der Waals surface area contributed by atoms with Gasteiger partial charge in [0.05, 0.1) is 44.4 Å². The van der Waals surface area contributed by atoms with Crippen LogP contribution in [0.1, 0.15) is 70.2 Å². The van der Waals surface area contributed by atoms with E-state index in [1.807, 2.05) is 12.1 Å². The second-order valence-corrected chi connectivity index (χ2v) is 10.9. The minimum atomic E-state index is -0.591. The van der Waals surface area contributed by atoms with Crippen molar-refractivity contribution in [3.63, 3.8) is 0 Å². The molecule has 1 aromatic heterocycles. The van der Waals surface area contributed by atoms with Crippen molar-refractivity contribution in [3.8, 4) is 5.75 Å². The van der Waals surface area contributed by atoms with Crippen molar-refractivity contribution in [2.75, 3.05) is 26.4 Å². The molecular weight excluding hydrogens is 472 g/mol. The lowest BCUT2D eigenvalue weighted by Crippen LogP contribution is -3.13. The van der Waals surface area contributed by atoms with E-state index in [9.17, 15) is 15.0 Å². The van der Waals surface area contributed by atoms with Gasteiger partial charge in [-0.15, -0.1) is 0 Å². The SMILES string of the molecule is CC(C)c1noc([NH+]2CCC(COc3ccc(C4=CCC(C(=O)NC(CO)CO)CC4)cc3)C[C@@H]2C)[nH+]1. The molecule has 202 valence electrons. The van der Waals surface area contributed by atoms with E-state index in [-0.39, 0.29) is 25.0 Å². The minimum Gasteiger partial charge on any atom is -0.493 e. The molecule has 5 N–H and O–H groups in total. The van der Waals surface area contributed by atoms with Crippen LogP contribution in [-0.4, -0.2) is 59.7 Å². The lowest BCUT2D eigenvalue weighted by atomic mass is 9.86. The van der Waals surface area contributed by atoms with Crippen molar-refractivity contribution in [2.24, 2.45) is 11.8 Å². The molecule has 1 amide bonds. The number of aromatic nitrogens is 2. The molecule has 3 unspecified atom stereocenters. The summed E-state index contributed by atoms with van der Waals surface area (Å²) in [4.78, 5) is 17.0. The van der Waals surface area contributed by atoms with Gasteiger partial charge in [0.25, 0.3) is 0 Å². The van der Waals surface area contributed by atoms with Crippen molar-refractivity contribution >= 4 is 17.5 Å². The molecule has 4 rings (SSSR count). The molecule has 1 fully saturated rings. The molecule has 37 heavy (non-hydrogen) atoms. The summed E-state index contributed by atoms with van der Waals surface area (Å²) in [5.74, 6) is 2.37. The van der Waals surface area contributed by atoms with E-state index in [0.29, 0.717) is 30.9 Å². The van der Waals surface area contributed by atoms with E-state index in [4.69, 9.17) is 9.26 Å². The van der Waals surface area contributed by atoms with Crippen LogP contribution in [0.25, 0.3) is 5.57 Å². The molecule has 2 aromatic rings. The maximum absolute atomic E-state index is 12.4. The van der Waals surface area contributed by atoms with Crippen LogP contribution in [0.15, 0.2) is 34.9 Å². The van der Waals surface area contributed by atoms with Crippen molar-refractivity contribution < 1.29 is 34.2 Å². The van der Waals surface area contributed by atoms with E-state index in [1.165, 1.54) is 10.5 Å². The van der Waals surface area contributed by atoms with Crippen LogP contribution in [-0.2, 0) is 4.79 Å². The van der Waals surface area contributed by atoms with Crippen LogP contribution in [0, 0.1) is 11.8 Å². The summed E-state index contributed by atoms with van der Waals surface area (Å²) in [5, 5.41) is 25.2. The molecule has 1 saturated heterocycles. The highest BCUT2D eigenvalue weighted by molar-refractivity contribution is 5.80. The van der Waals surface area contributed by atoms with Crippen LogP contribution < -0.4 is 19.9 Å². The maximum atomic E-state index is 12.4. The number of aromatic amines is 1. The Bertz CT molecular complexity index is 1050. The molecule has 1 aliphatic carbocycles. The number of piperidine rings is 1. The van der Waals surface area contributed by atoms with Gasteiger partial charge in [0.1, 0.15) is 5.75 Å². The van der Waals surface area contributed by atoms with Crippen molar-refractivity contribution in [1.82, 2.24) is 10.5 Å². The lowest BCUT2D eigenvalue weighted by Gasteiger charge is -2.30. The first-order chi connectivity index (χ1) is 17.9. The highest BCUT2D eigenvalue weighted by Crippen LogP contribution is 2.31. The Kier molecular flexibility index (Phi) is 9.34. The Labute approximate surface area is 218 Å². The van der Waals surface area contributed by atoms with E-state index in [2.05, 4.69) is 54.4 Å². The highest BCUT2D eigenvalue weighted by Gasteiger charge is 2.37. The van der Waals surface area contributed by atoms with Crippen molar-refractivity contribution in [3.05, 3.63) is 41.7 Å². The lowest BCUT2D eigenvalue weighted by molar-refractivity contribution is -0.906. The third kappa shape index (κ3) is 6.97. The van der Waals surface area contributed by atoms with Crippen LogP contribution in [0.4, 0.5) is 6.01 Å². The van der Waals surface area contributed by atoms with Gasteiger partial charge in [-0.3, -0.25) is 4.79 Å². The molecule has 9 nitrogen and oxygen atoms in total. The van der Waals surface area contributed by atoms with Crippen molar-refractivity contribution in [1.29, 1.82) is 0 Å². The Hall–Kier alpha value is -2.75. The first-order valence-electron chi connectivity index (χ1n) is 13.6. The van der Waals surface area contributed by atoms with Gasteiger partial charge in [-0.05, 0) is 49.5 Å². The molecule has 2 aliphatic rings. The fourth-order valence-electron chi connectivity index (χ4n) is 5.28. The van der Waals surface area contributed by atoms with E-state index >= 15 is 0 Å². The van der Waals surface area contributed by atoms with E-state index in [0.717, 1.165) is 55.4 Å². The third-order valence-corrected chi connectivity index (χ3v) is 7.70. The highest BCUT2D eigenvalue weighted by atomic mass is 16.5. The topological polar surface area (TPSA) is 123 Å². The van der Waals surface area contributed by atoms with Crippen LogP contribution in [0.3, 0.4) is 0 Å². The Balaban J connectivity index is 1.23. The van der Waals surface area contributed by atoms with E-state index in [1.54, 1.807) is 0 Å². The Morgan fingerprint density at radius 3 is 2.59 bits per heavy atom. The largest absolute Gasteiger partial charge is 0.512 e. The molecule has 9 heteroatoms. The smallest absolute Gasteiger partial charge is 0.493 e. The zero-order valence-corrected chi connectivity index (χ0v) is 22.2. The van der Waals surface area contributed by atoms with Crippen LogP contribution >= 0.6 is 0 Å². The number of carbonyl (C=O) groups is 1. The number of hydrogen-bond donors (Lipinski definition) is 4. The van der Waals surface area contributed by atoms with Gasteiger partial charge >= 0.3 is 11.8 Å². The predicted octanol–water partition coefficient (Wildman–Crippen LogP) is 1.66. The summed E-state index contributed by atoms with van der Waals surface area (Å²) in [6, 6.07) is 8.91. The number of H-pyrrole nitrogens is 1. The first-order valence-corrected chi connectivity index (χ1v) is 13.6. The number of nitrogens with one attached hydrogen (secondary N) is 3. The number of amides is 1. The first kappa shape index (κ1) is 27.3. The molecule has 2 heterocycles. The maximum Gasteiger partial charge on any atom is 0.512 e. The van der Waals surface area contributed by atoms with Gasteiger partial charge in [-0.2, -0.15) is 9.51 Å². The predicted molar refractivity (Wildman–Crippen MR) is 138 cm³/mol. The number of nitrogens with zero attached hydrogens (tertiary/aromatic N) is 1. The quantitative estimate of drug-likeness (QED) is 0.382. The third-order valence-electron chi connectivity index (χ3n) is 7.70. The fourth-order valence-corrected chi connectivity index (χ4v) is 5.28. The number of aliphatic hydroxyl groups is 2. The molecule has 0 bridgehead atoms. The number of quaternary nitrogens is 1.